The summed E-state index contributed by atoms with van der Waals surface area (Å²) in [7, 11) is 0. The Kier molecular flexibility index (Phi) is 4.93. The first kappa shape index (κ1) is 14.0. The number of thioether (sulfide) groups is 1. The molecule has 4 nitrogen and oxygen atoms in total. The fourth-order valence-corrected chi connectivity index (χ4v) is 1.94. The van der Waals surface area contributed by atoms with Gasteiger partial charge in [-0.1, -0.05) is 11.8 Å². The lowest BCUT2D eigenvalue weighted by Gasteiger charge is -2.08. The predicted molar refractivity (Wildman–Crippen MR) is 68.2 cm³/mol. The molecule has 0 aliphatic heterocycles. The molecule has 0 radical (unpaired) electrons. The van der Waals surface area contributed by atoms with Gasteiger partial charge in [0.05, 0.1) is 11.9 Å². The van der Waals surface area contributed by atoms with Crippen molar-refractivity contribution in [2.45, 2.75) is 45.9 Å². The van der Waals surface area contributed by atoms with Crippen LogP contribution in [0.1, 0.15) is 30.8 Å². The van der Waals surface area contributed by atoms with Gasteiger partial charge in [0.15, 0.2) is 5.16 Å². The topological polar surface area (TPSA) is 52.1 Å². The number of nitrogens with zero attached hydrogens (tertiary/aromatic N) is 2. The third-order valence-corrected chi connectivity index (χ3v) is 3.12. The maximum Gasteiger partial charge on any atom is 0.316 e. The van der Waals surface area contributed by atoms with Crippen molar-refractivity contribution in [2.75, 3.05) is 5.75 Å². The van der Waals surface area contributed by atoms with Crippen LogP contribution in [0.25, 0.3) is 0 Å². The fourth-order valence-electron chi connectivity index (χ4n) is 1.23. The molecule has 1 aromatic heterocycles. The minimum Gasteiger partial charge on any atom is -0.462 e. The van der Waals surface area contributed by atoms with Gasteiger partial charge in [0.25, 0.3) is 0 Å². The molecular weight excluding hydrogens is 236 g/mol. The third kappa shape index (κ3) is 4.34. The molecule has 0 saturated heterocycles. The van der Waals surface area contributed by atoms with Crippen molar-refractivity contribution in [1.82, 2.24) is 9.97 Å². The fraction of sp³-hybridized carbons (Fsp3) is 0.583. The van der Waals surface area contributed by atoms with E-state index in [0.29, 0.717) is 5.16 Å². The molecule has 0 spiro atoms. The molecule has 0 aliphatic rings. The molecule has 0 aliphatic carbocycles. The second-order valence-corrected chi connectivity index (χ2v) is 5.07. The molecule has 17 heavy (non-hydrogen) atoms. The van der Waals surface area contributed by atoms with E-state index in [1.807, 2.05) is 34.6 Å². The largest absolute Gasteiger partial charge is 0.462 e. The SMILES string of the molecule is Cc1nc(SCC(=O)OC(C)C)nc(C)c1C. The number of aromatic nitrogens is 2. The molecule has 0 fully saturated rings. The van der Waals surface area contributed by atoms with Crippen LogP contribution in [0.3, 0.4) is 0 Å². The maximum atomic E-state index is 11.4. The Morgan fingerprint density at radius 3 is 2.24 bits per heavy atom. The zero-order valence-electron chi connectivity index (χ0n) is 10.9. The Bertz CT molecular complexity index is 396. The highest BCUT2D eigenvalue weighted by molar-refractivity contribution is 7.99. The van der Waals surface area contributed by atoms with E-state index in [-0.39, 0.29) is 17.8 Å². The number of rotatable bonds is 4. The van der Waals surface area contributed by atoms with Gasteiger partial charge in [-0.25, -0.2) is 9.97 Å². The Balaban J connectivity index is 2.61. The first-order valence-corrected chi connectivity index (χ1v) is 6.53. The molecule has 1 heterocycles. The van der Waals surface area contributed by atoms with Gasteiger partial charge in [0.2, 0.25) is 0 Å². The second kappa shape index (κ2) is 6.00. The van der Waals surface area contributed by atoms with Gasteiger partial charge in [-0.05, 0) is 40.2 Å². The number of carbonyl (C=O) groups excluding carboxylic acids is 1. The predicted octanol–water partition coefficient (Wildman–Crippen LogP) is 2.45. The van der Waals surface area contributed by atoms with Crippen LogP contribution in [0.5, 0.6) is 0 Å². The van der Waals surface area contributed by atoms with Gasteiger partial charge in [-0.2, -0.15) is 0 Å². The molecule has 5 heteroatoms. The number of hydrogen-bond donors (Lipinski definition) is 0. The van der Waals surface area contributed by atoms with Gasteiger partial charge in [0, 0.05) is 11.4 Å². The Morgan fingerprint density at radius 2 is 1.76 bits per heavy atom. The quantitative estimate of drug-likeness (QED) is 0.469. The zero-order valence-corrected chi connectivity index (χ0v) is 11.7. The van der Waals surface area contributed by atoms with E-state index in [1.54, 1.807) is 0 Å². The molecule has 0 amide bonds. The molecule has 94 valence electrons. The van der Waals surface area contributed by atoms with Crippen LogP contribution >= 0.6 is 11.8 Å². The van der Waals surface area contributed by atoms with Crippen LogP contribution in [0.4, 0.5) is 0 Å². The van der Waals surface area contributed by atoms with Crippen LogP contribution in [0.15, 0.2) is 5.16 Å². The standard InChI is InChI=1S/C12H18N2O2S/c1-7(2)16-11(15)6-17-12-13-9(4)8(3)10(5)14-12/h7H,6H2,1-5H3. The van der Waals surface area contributed by atoms with Crippen molar-refractivity contribution in [3.63, 3.8) is 0 Å². The van der Waals surface area contributed by atoms with E-state index in [2.05, 4.69) is 9.97 Å². The molecule has 0 atom stereocenters. The molecule has 1 aromatic rings. The number of hydrogen-bond acceptors (Lipinski definition) is 5. The van der Waals surface area contributed by atoms with Crippen LogP contribution in [-0.2, 0) is 9.53 Å². The van der Waals surface area contributed by atoms with Crippen LogP contribution in [0.2, 0.25) is 0 Å². The van der Waals surface area contributed by atoms with Gasteiger partial charge in [-0.3, -0.25) is 4.79 Å². The summed E-state index contributed by atoms with van der Waals surface area (Å²) in [6.45, 7) is 9.55. The maximum absolute atomic E-state index is 11.4. The first-order valence-electron chi connectivity index (χ1n) is 5.54. The van der Waals surface area contributed by atoms with E-state index in [4.69, 9.17) is 4.74 Å². The average molecular weight is 254 g/mol. The lowest BCUT2D eigenvalue weighted by molar-refractivity contribution is -0.144. The smallest absolute Gasteiger partial charge is 0.316 e. The minimum absolute atomic E-state index is 0.0782. The van der Waals surface area contributed by atoms with E-state index < -0.39 is 0 Å². The van der Waals surface area contributed by atoms with Gasteiger partial charge >= 0.3 is 5.97 Å². The molecule has 0 bridgehead atoms. The third-order valence-electron chi connectivity index (χ3n) is 2.30. The monoisotopic (exact) mass is 254 g/mol. The van der Waals surface area contributed by atoms with Gasteiger partial charge < -0.3 is 4.74 Å². The van der Waals surface area contributed by atoms with Gasteiger partial charge in [0.1, 0.15) is 0 Å². The summed E-state index contributed by atoms with van der Waals surface area (Å²) >= 11 is 1.31. The summed E-state index contributed by atoms with van der Waals surface area (Å²) in [6.07, 6.45) is -0.0782. The number of aryl methyl sites for hydroxylation is 2. The summed E-state index contributed by atoms with van der Waals surface area (Å²) < 4.78 is 5.04. The Morgan fingerprint density at radius 1 is 1.24 bits per heavy atom. The summed E-state index contributed by atoms with van der Waals surface area (Å²) in [5.74, 6) is 0.0182. The van der Waals surface area contributed by atoms with E-state index >= 15 is 0 Å². The van der Waals surface area contributed by atoms with Crippen LogP contribution in [0, 0.1) is 20.8 Å². The first-order chi connectivity index (χ1) is 7.90. The van der Waals surface area contributed by atoms with E-state index in [0.717, 1.165) is 17.0 Å². The van der Waals surface area contributed by atoms with Crippen molar-refractivity contribution in [1.29, 1.82) is 0 Å². The molecule has 0 aromatic carbocycles. The highest BCUT2D eigenvalue weighted by Gasteiger charge is 2.10. The van der Waals surface area contributed by atoms with Crippen molar-refractivity contribution >= 4 is 17.7 Å². The van der Waals surface area contributed by atoms with Crippen molar-refractivity contribution in [3.8, 4) is 0 Å². The highest BCUT2D eigenvalue weighted by Crippen LogP contribution is 2.17. The molecule has 1 rings (SSSR count). The minimum atomic E-state index is -0.232. The van der Waals surface area contributed by atoms with E-state index in [9.17, 15) is 4.79 Å². The zero-order chi connectivity index (χ0) is 13.0. The lowest BCUT2D eigenvalue weighted by atomic mass is 10.2. The van der Waals surface area contributed by atoms with Crippen LogP contribution in [-0.4, -0.2) is 27.8 Å². The summed E-state index contributed by atoms with van der Waals surface area (Å²) in [5, 5.41) is 0.631. The van der Waals surface area contributed by atoms with Gasteiger partial charge in [-0.15, -0.1) is 0 Å². The van der Waals surface area contributed by atoms with Crippen molar-refractivity contribution in [2.24, 2.45) is 0 Å². The molecule has 0 unspecified atom stereocenters. The molecular formula is C12H18N2O2S. The number of ether oxygens (including phenoxy) is 1. The molecule has 0 N–H and O–H groups in total. The summed E-state index contributed by atoms with van der Waals surface area (Å²) in [5.41, 5.74) is 3.01. The summed E-state index contributed by atoms with van der Waals surface area (Å²) in [4.78, 5) is 20.0. The normalized spacial score (nSPS) is 10.7. The second-order valence-electron chi connectivity index (χ2n) is 4.13. The molecule has 0 saturated carbocycles. The van der Waals surface area contributed by atoms with E-state index in [1.165, 1.54) is 11.8 Å². The Labute approximate surface area is 106 Å². The summed E-state index contributed by atoms with van der Waals surface area (Å²) in [6, 6.07) is 0. The van der Waals surface area contributed by atoms with Crippen molar-refractivity contribution in [3.05, 3.63) is 17.0 Å². The highest BCUT2D eigenvalue weighted by atomic mass is 32.2. The number of carbonyl (C=O) groups is 1. The van der Waals surface area contributed by atoms with Crippen molar-refractivity contribution < 1.29 is 9.53 Å². The lowest BCUT2D eigenvalue weighted by Crippen LogP contribution is -2.13. The Hall–Kier alpha value is -1.10. The number of esters is 1. The average Bonchev–Trinajstić information content (AvgIpc) is 2.22. The van der Waals surface area contributed by atoms with Crippen LogP contribution < -0.4 is 0 Å².